The monoisotopic (exact) mass is 1190 g/mol. The standard InChI is InChI=1S/C73H141NO10/c1-4-7-10-13-16-19-22-25-27-29-31-33-35-36-38-40-42-45-48-51-54-57-60-66(77)72(81)74-64(65(76)59-56-53-50-47-44-24-21-18-15-12-9-6-3)63-82-73-71(70(80)69(79)67(62-75)83-73)84-68(78)61-58-55-52-49-46-43-41-39-37-34-32-30-28-26-23-20-17-14-11-8-5-2/h56,59,64-67,69-71,73,75-77,79-80H,4-55,57-58,60-63H2,1-3H3,(H,74,81)/b59-56+. The van der Waals surface area contributed by atoms with Gasteiger partial charge in [0.2, 0.25) is 5.91 Å². The van der Waals surface area contributed by atoms with E-state index in [2.05, 4.69) is 26.1 Å². The molecule has 1 aliphatic heterocycles. The number of rotatable bonds is 65. The summed E-state index contributed by atoms with van der Waals surface area (Å²) in [4.78, 5) is 26.7. The average molecular weight is 1190 g/mol. The van der Waals surface area contributed by atoms with E-state index in [1.807, 2.05) is 6.08 Å². The van der Waals surface area contributed by atoms with Crippen molar-refractivity contribution in [3.05, 3.63) is 12.2 Å². The molecule has 6 N–H and O–H groups in total. The van der Waals surface area contributed by atoms with Crippen LogP contribution in [0.2, 0.25) is 0 Å². The van der Waals surface area contributed by atoms with Gasteiger partial charge in [-0.25, -0.2) is 0 Å². The molecule has 0 aromatic heterocycles. The molecule has 498 valence electrons. The van der Waals surface area contributed by atoms with Gasteiger partial charge < -0.3 is 45.1 Å². The Morgan fingerprint density at radius 1 is 0.452 bits per heavy atom. The second kappa shape index (κ2) is 61.6. The van der Waals surface area contributed by atoms with E-state index < -0.39 is 67.4 Å². The molecule has 11 heteroatoms. The lowest BCUT2D eigenvalue weighted by molar-refractivity contribution is -0.305. The van der Waals surface area contributed by atoms with E-state index in [1.54, 1.807) is 6.08 Å². The molecule has 1 fully saturated rings. The average Bonchev–Trinajstić information content (AvgIpc) is 2.97. The van der Waals surface area contributed by atoms with E-state index in [1.165, 1.54) is 276 Å². The lowest BCUT2D eigenvalue weighted by Crippen LogP contribution is -2.61. The zero-order valence-corrected chi connectivity index (χ0v) is 55.6. The maximum absolute atomic E-state index is 13.5. The fraction of sp³-hybridized carbons (Fsp3) is 0.945. The van der Waals surface area contributed by atoms with Gasteiger partial charge in [0.25, 0.3) is 0 Å². The van der Waals surface area contributed by atoms with Crippen molar-refractivity contribution in [2.24, 2.45) is 0 Å². The highest BCUT2D eigenvalue weighted by Gasteiger charge is 2.47. The van der Waals surface area contributed by atoms with Crippen LogP contribution in [0.25, 0.3) is 0 Å². The molecule has 1 saturated heterocycles. The van der Waals surface area contributed by atoms with Gasteiger partial charge in [0.15, 0.2) is 12.4 Å². The van der Waals surface area contributed by atoms with Crippen molar-refractivity contribution < 1.29 is 49.3 Å². The molecule has 1 aliphatic rings. The van der Waals surface area contributed by atoms with Crippen LogP contribution in [-0.2, 0) is 23.8 Å². The first kappa shape index (κ1) is 80.4. The van der Waals surface area contributed by atoms with Crippen molar-refractivity contribution in [3.8, 4) is 0 Å². The molecule has 0 saturated carbocycles. The molecule has 84 heavy (non-hydrogen) atoms. The number of carbonyl (C=O) groups is 2. The van der Waals surface area contributed by atoms with Crippen molar-refractivity contribution in [1.82, 2.24) is 5.32 Å². The number of esters is 1. The van der Waals surface area contributed by atoms with Gasteiger partial charge in [-0.05, 0) is 25.7 Å². The summed E-state index contributed by atoms with van der Waals surface area (Å²) in [5, 5.41) is 57.3. The smallest absolute Gasteiger partial charge is 0.306 e. The number of ether oxygens (including phenoxy) is 3. The van der Waals surface area contributed by atoms with E-state index in [4.69, 9.17) is 14.2 Å². The maximum atomic E-state index is 13.5. The molecule has 1 amide bonds. The third-order valence-electron chi connectivity index (χ3n) is 17.9. The van der Waals surface area contributed by atoms with Gasteiger partial charge in [-0.15, -0.1) is 0 Å². The molecular weight excluding hydrogens is 1050 g/mol. The van der Waals surface area contributed by atoms with E-state index >= 15 is 0 Å². The Kier molecular flexibility index (Phi) is 59.0. The van der Waals surface area contributed by atoms with Gasteiger partial charge in [0, 0.05) is 6.42 Å². The third-order valence-corrected chi connectivity index (χ3v) is 17.9. The van der Waals surface area contributed by atoms with Crippen molar-refractivity contribution >= 4 is 11.9 Å². The molecule has 0 aromatic carbocycles. The van der Waals surface area contributed by atoms with E-state index in [-0.39, 0.29) is 13.0 Å². The highest BCUT2D eigenvalue weighted by Crippen LogP contribution is 2.27. The van der Waals surface area contributed by atoms with Crippen molar-refractivity contribution in [3.63, 3.8) is 0 Å². The van der Waals surface area contributed by atoms with Crippen LogP contribution in [-0.4, -0.2) is 99.6 Å². The van der Waals surface area contributed by atoms with Crippen LogP contribution in [0.15, 0.2) is 12.2 Å². The largest absolute Gasteiger partial charge is 0.454 e. The molecule has 0 bridgehead atoms. The molecular formula is C73H141NO10. The highest BCUT2D eigenvalue weighted by molar-refractivity contribution is 5.80. The third kappa shape index (κ3) is 48.3. The van der Waals surface area contributed by atoms with Crippen molar-refractivity contribution in [2.75, 3.05) is 13.2 Å². The van der Waals surface area contributed by atoms with Gasteiger partial charge in [-0.3, -0.25) is 9.59 Å². The molecule has 0 spiro atoms. The molecule has 1 rings (SSSR count). The number of unbranched alkanes of at least 4 members (excludes halogenated alkanes) is 51. The number of hydrogen-bond donors (Lipinski definition) is 6. The van der Waals surface area contributed by atoms with Crippen LogP contribution >= 0.6 is 0 Å². The predicted molar refractivity (Wildman–Crippen MR) is 352 cm³/mol. The first-order chi connectivity index (χ1) is 41.2. The van der Waals surface area contributed by atoms with Crippen molar-refractivity contribution in [2.45, 2.75) is 429 Å². The molecule has 1 heterocycles. The zero-order valence-electron chi connectivity index (χ0n) is 55.6. The molecule has 8 atom stereocenters. The van der Waals surface area contributed by atoms with Crippen molar-refractivity contribution in [1.29, 1.82) is 0 Å². The summed E-state index contributed by atoms with van der Waals surface area (Å²) in [6.07, 6.45) is 62.6. The summed E-state index contributed by atoms with van der Waals surface area (Å²) in [6, 6.07) is -1.02. The van der Waals surface area contributed by atoms with Gasteiger partial charge in [-0.1, -0.05) is 360 Å². The Morgan fingerprint density at radius 2 is 0.774 bits per heavy atom. The number of allylic oxidation sites excluding steroid dienone is 1. The number of carbonyl (C=O) groups excluding carboxylic acids is 2. The van der Waals surface area contributed by atoms with Gasteiger partial charge in [-0.2, -0.15) is 0 Å². The molecule has 8 unspecified atom stereocenters. The Hall–Kier alpha value is -1.60. The number of aliphatic hydroxyl groups is 5. The Labute approximate surface area is 519 Å². The Balaban J connectivity index is 2.54. The van der Waals surface area contributed by atoms with E-state index in [0.29, 0.717) is 19.3 Å². The Morgan fingerprint density at radius 3 is 1.12 bits per heavy atom. The topological polar surface area (TPSA) is 175 Å². The molecule has 0 aliphatic carbocycles. The quantitative estimate of drug-likeness (QED) is 0.0195. The second-order valence-electron chi connectivity index (χ2n) is 26.0. The highest BCUT2D eigenvalue weighted by atomic mass is 16.7. The SMILES string of the molecule is CCCCCCCCCCCC/C=C/C(O)C(COC1OC(CO)C(O)C(O)C1OC(=O)CCCCCCCCCCCCCCCCCCCCCCC)NC(=O)C(O)CCCCCCCCCCCCCCCCCCCCCCCC. The summed E-state index contributed by atoms with van der Waals surface area (Å²) < 4.78 is 17.7. The zero-order chi connectivity index (χ0) is 61.0. The molecule has 0 aromatic rings. The number of nitrogens with one attached hydrogen (secondary N) is 1. The number of amides is 1. The van der Waals surface area contributed by atoms with Crippen LogP contribution < -0.4 is 5.32 Å². The van der Waals surface area contributed by atoms with Crippen LogP contribution in [0.3, 0.4) is 0 Å². The van der Waals surface area contributed by atoms with Gasteiger partial charge >= 0.3 is 5.97 Å². The summed E-state index contributed by atoms with van der Waals surface area (Å²) in [5.74, 6) is -1.17. The van der Waals surface area contributed by atoms with E-state index in [9.17, 15) is 35.1 Å². The molecule has 11 nitrogen and oxygen atoms in total. The Bertz CT molecular complexity index is 1420. The van der Waals surface area contributed by atoms with Crippen LogP contribution in [0.1, 0.15) is 380 Å². The fourth-order valence-electron chi connectivity index (χ4n) is 12.1. The summed E-state index contributed by atoms with van der Waals surface area (Å²) in [6.45, 7) is 5.87. The van der Waals surface area contributed by atoms with Crippen LogP contribution in [0.4, 0.5) is 0 Å². The van der Waals surface area contributed by atoms with Gasteiger partial charge in [0.05, 0.1) is 25.4 Å². The number of aliphatic hydroxyl groups excluding tert-OH is 5. The fourth-order valence-corrected chi connectivity index (χ4v) is 12.1. The van der Waals surface area contributed by atoms with Crippen LogP contribution in [0, 0.1) is 0 Å². The summed E-state index contributed by atoms with van der Waals surface area (Å²) in [7, 11) is 0. The predicted octanol–water partition coefficient (Wildman–Crippen LogP) is 19.0. The number of hydrogen-bond acceptors (Lipinski definition) is 10. The minimum Gasteiger partial charge on any atom is -0.454 e. The second-order valence-corrected chi connectivity index (χ2v) is 26.0. The minimum atomic E-state index is -1.61. The summed E-state index contributed by atoms with van der Waals surface area (Å²) in [5.41, 5.74) is 0. The van der Waals surface area contributed by atoms with E-state index in [0.717, 1.165) is 57.8 Å². The maximum Gasteiger partial charge on any atom is 0.306 e. The minimum absolute atomic E-state index is 0.132. The summed E-state index contributed by atoms with van der Waals surface area (Å²) >= 11 is 0. The van der Waals surface area contributed by atoms with Gasteiger partial charge in [0.1, 0.15) is 24.4 Å². The normalized spacial score (nSPS) is 18.4. The van der Waals surface area contributed by atoms with Crippen LogP contribution in [0.5, 0.6) is 0 Å². The molecule has 0 radical (unpaired) electrons. The lowest BCUT2D eigenvalue weighted by Gasteiger charge is -2.41. The first-order valence-electron chi connectivity index (χ1n) is 37.0. The first-order valence-corrected chi connectivity index (χ1v) is 37.0. The lowest BCUT2D eigenvalue weighted by atomic mass is 9.99.